The van der Waals surface area contributed by atoms with E-state index in [0.717, 1.165) is 0 Å². The molecule has 0 aromatic carbocycles. The molecule has 120 valence electrons. The number of nitrogens with zero attached hydrogens (tertiary/aromatic N) is 1. The lowest BCUT2D eigenvalue weighted by atomic mass is 9.89. The van der Waals surface area contributed by atoms with E-state index in [-0.39, 0.29) is 29.9 Å². The average Bonchev–Trinajstić information content (AvgIpc) is 2.12. The highest BCUT2D eigenvalue weighted by molar-refractivity contribution is 5.91. The summed E-state index contributed by atoms with van der Waals surface area (Å²) in [6, 6.07) is 0. The van der Waals surface area contributed by atoms with Crippen LogP contribution in [0.1, 0.15) is 32.6 Å². The highest BCUT2D eigenvalue weighted by atomic mass is 35.5. The highest BCUT2D eigenvalue weighted by Crippen LogP contribution is 2.19. The van der Waals surface area contributed by atoms with Crippen LogP contribution in [0.3, 0.4) is 0 Å². The molecule has 0 aliphatic carbocycles. The molecule has 2 atom stereocenters. The fraction of sp³-hybridized carbons (Fsp3) is 0.846. The molecular formula is C13H26ClNO5. The Balaban J connectivity index is 0. The van der Waals surface area contributed by atoms with Gasteiger partial charge in [0.2, 0.25) is 0 Å². The van der Waals surface area contributed by atoms with Gasteiger partial charge < -0.3 is 24.6 Å². The van der Waals surface area contributed by atoms with Gasteiger partial charge in [-0.25, -0.2) is 0 Å². The minimum atomic E-state index is -1.99. The highest BCUT2D eigenvalue weighted by Gasteiger charge is 2.41. The zero-order chi connectivity index (χ0) is 15.3. The third kappa shape index (κ3) is 8.47. The van der Waals surface area contributed by atoms with E-state index in [2.05, 4.69) is 0 Å². The van der Waals surface area contributed by atoms with Crippen LogP contribution in [-0.2, 0) is 9.59 Å². The lowest BCUT2D eigenvalue weighted by Gasteiger charge is -2.35. The van der Waals surface area contributed by atoms with Crippen molar-refractivity contribution in [1.29, 1.82) is 0 Å². The molecule has 2 unspecified atom stereocenters. The monoisotopic (exact) mass is 311 g/mol. The Labute approximate surface area is 126 Å². The van der Waals surface area contributed by atoms with Crippen molar-refractivity contribution in [3.8, 4) is 0 Å². The van der Waals surface area contributed by atoms with Crippen molar-refractivity contribution in [2.75, 3.05) is 27.7 Å². The van der Waals surface area contributed by atoms with Gasteiger partial charge in [0, 0.05) is 18.8 Å². The molecule has 2 N–H and O–H groups in total. The zero-order valence-electron chi connectivity index (χ0n) is 12.6. The Kier molecular flexibility index (Phi) is 9.25. The number of carboxylic acids is 1. The van der Waals surface area contributed by atoms with E-state index in [1.165, 1.54) is 0 Å². The van der Waals surface area contributed by atoms with E-state index in [0.29, 0.717) is 12.8 Å². The number of aliphatic carboxylic acids is 1. The normalized spacial score (nSPS) is 15.9. The molecule has 7 heteroatoms. The number of carbonyl (C=O) groups is 2. The third-order valence-electron chi connectivity index (χ3n) is 2.73. The predicted molar refractivity (Wildman–Crippen MR) is 75.3 cm³/mol. The number of aliphatic hydroxyl groups excluding tert-OH is 1. The summed E-state index contributed by atoms with van der Waals surface area (Å²) in [5.41, 5.74) is -1.99. The summed E-state index contributed by atoms with van der Waals surface area (Å²) in [6.07, 6.45) is -0.684. The third-order valence-corrected chi connectivity index (χ3v) is 2.73. The molecule has 6 nitrogen and oxygen atoms in total. The summed E-state index contributed by atoms with van der Waals surface area (Å²) >= 11 is 0. The van der Waals surface area contributed by atoms with Crippen LogP contribution in [0.15, 0.2) is 0 Å². The molecule has 0 saturated carbocycles. The average molecular weight is 312 g/mol. The minimum Gasteiger partial charge on any atom is -0.550 e. The summed E-state index contributed by atoms with van der Waals surface area (Å²) in [5, 5.41) is 30.6. The Morgan fingerprint density at radius 2 is 1.80 bits per heavy atom. The summed E-state index contributed by atoms with van der Waals surface area (Å²) in [7, 11) is 5.24. The van der Waals surface area contributed by atoms with E-state index in [1.807, 2.05) is 6.92 Å². The topological polar surface area (TPSA) is 97.7 Å². The van der Waals surface area contributed by atoms with Crippen molar-refractivity contribution < 1.29 is 29.4 Å². The molecule has 0 bridgehead atoms. The number of Topliss-reactive ketones (excluding diaryl/α,β-unsaturated/α-hetero) is 1. The first-order valence-electron chi connectivity index (χ1n) is 6.44. The molecule has 0 amide bonds. The number of hydrogen-bond acceptors (Lipinski definition) is 5. The molecule has 0 heterocycles. The smallest absolute Gasteiger partial charge is 0.177 e. The van der Waals surface area contributed by atoms with Crippen LogP contribution < -0.4 is 5.11 Å². The molecule has 0 saturated heterocycles. The van der Waals surface area contributed by atoms with E-state index < -0.39 is 29.9 Å². The van der Waals surface area contributed by atoms with E-state index >= 15 is 0 Å². The molecule has 0 aliphatic rings. The number of ketones is 1. The van der Waals surface area contributed by atoms with Gasteiger partial charge in [-0.1, -0.05) is 13.3 Å². The minimum absolute atomic E-state index is 0. The second-order valence-corrected chi connectivity index (χ2v) is 6.10. The molecule has 0 aliphatic heterocycles. The summed E-state index contributed by atoms with van der Waals surface area (Å²) in [5.74, 6) is -2.13. The zero-order valence-corrected chi connectivity index (χ0v) is 13.4. The first-order chi connectivity index (χ1) is 8.50. The van der Waals surface area contributed by atoms with Crippen molar-refractivity contribution in [1.82, 2.24) is 0 Å². The Morgan fingerprint density at radius 1 is 1.30 bits per heavy atom. The molecule has 0 spiro atoms. The van der Waals surface area contributed by atoms with Crippen molar-refractivity contribution in [3.05, 3.63) is 0 Å². The van der Waals surface area contributed by atoms with Gasteiger partial charge in [-0.15, -0.1) is 12.4 Å². The van der Waals surface area contributed by atoms with Crippen LogP contribution in [0.2, 0.25) is 0 Å². The van der Waals surface area contributed by atoms with Crippen molar-refractivity contribution in [3.63, 3.8) is 0 Å². The molecule has 0 aromatic rings. The number of likely N-dealkylation sites (N-methyl/N-ethyl adjacent to an activating group) is 1. The second kappa shape index (κ2) is 8.56. The number of rotatable bonds is 9. The number of hydrogen-bond donors (Lipinski definition) is 2. The Hall–Kier alpha value is -0.690. The maximum Gasteiger partial charge on any atom is 0.177 e. The quantitative estimate of drug-likeness (QED) is 0.538. The summed E-state index contributed by atoms with van der Waals surface area (Å²) < 4.78 is 0.236. The van der Waals surface area contributed by atoms with Gasteiger partial charge in [0.1, 0.15) is 6.54 Å². The van der Waals surface area contributed by atoms with Crippen LogP contribution in [0.25, 0.3) is 0 Å². The lowest BCUT2D eigenvalue weighted by molar-refractivity contribution is -0.875. The summed E-state index contributed by atoms with van der Waals surface area (Å²) in [4.78, 5) is 22.8. The number of quaternary nitrogens is 1. The van der Waals surface area contributed by atoms with Gasteiger partial charge in [-0.3, -0.25) is 4.79 Å². The van der Waals surface area contributed by atoms with Gasteiger partial charge in [-0.05, 0) is 6.42 Å². The fourth-order valence-corrected chi connectivity index (χ4v) is 2.11. The number of carboxylic acid groups (broad SMARTS) is 1. The van der Waals surface area contributed by atoms with Gasteiger partial charge in [0.05, 0.1) is 27.2 Å². The van der Waals surface area contributed by atoms with Crippen LogP contribution in [0, 0.1) is 0 Å². The standard InChI is InChI=1S/C13H25NO5.ClH/c1-5-6-10(15)7-11(16)13(19,8-12(17)18)9-14(2,3)4;/h10,15,19H,5-9H2,1-4H3;1H. The molecule has 20 heavy (non-hydrogen) atoms. The van der Waals surface area contributed by atoms with Crippen LogP contribution in [-0.4, -0.2) is 65.8 Å². The first kappa shape index (κ1) is 21.6. The Morgan fingerprint density at radius 3 is 2.15 bits per heavy atom. The molecule has 0 fully saturated rings. The summed E-state index contributed by atoms with van der Waals surface area (Å²) in [6.45, 7) is 1.83. The first-order valence-corrected chi connectivity index (χ1v) is 6.44. The lowest BCUT2D eigenvalue weighted by Crippen LogP contribution is -2.56. The number of aliphatic hydroxyl groups is 2. The van der Waals surface area contributed by atoms with Crippen molar-refractivity contribution >= 4 is 24.2 Å². The van der Waals surface area contributed by atoms with Crippen LogP contribution in [0.5, 0.6) is 0 Å². The van der Waals surface area contributed by atoms with E-state index in [4.69, 9.17) is 0 Å². The van der Waals surface area contributed by atoms with Gasteiger partial charge in [0.25, 0.3) is 0 Å². The Bertz CT molecular complexity index is 329. The predicted octanol–water partition coefficient (Wildman–Crippen LogP) is -0.894. The molecule has 0 radical (unpaired) electrons. The molecule has 0 aromatic heterocycles. The number of halogens is 1. The van der Waals surface area contributed by atoms with Crippen LogP contribution in [0.4, 0.5) is 0 Å². The van der Waals surface area contributed by atoms with Crippen molar-refractivity contribution in [2.24, 2.45) is 0 Å². The largest absolute Gasteiger partial charge is 0.550 e. The van der Waals surface area contributed by atoms with Gasteiger partial charge >= 0.3 is 0 Å². The van der Waals surface area contributed by atoms with Crippen molar-refractivity contribution in [2.45, 2.75) is 44.3 Å². The molecular weight excluding hydrogens is 286 g/mol. The maximum atomic E-state index is 12.1. The number of carbonyl (C=O) groups excluding carboxylic acids is 2. The van der Waals surface area contributed by atoms with E-state index in [9.17, 15) is 24.9 Å². The molecule has 0 rings (SSSR count). The van der Waals surface area contributed by atoms with Gasteiger partial charge in [-0.2, -0.15) is 0 Å². The fourth-order valence-electron chi connectivity index (χ4n) is 2.11. The SMILES string of the molecule is CCCC(O)CC(=O)C(O)(CC(=O)[O-])C[N+](C)(C)C.Cl. The van der Waals surface area contributed by atoms with Crippen LogP contribution >= 0.6 is 12.4 Å². The van der Waals surface area contributed by atoms with E-state index in [1.54, 1.807) is 21.1 Å². The maximum absolute atomic E-state index is 12.1. The van der Waals surface area contributed by atoms with Gasteiger partial charge in [0.15, 0.2) is 11.4 Å². The second-order valence-electron chi connectivity index (χ2n) is 6.10.